The number of hydrogen-bond donors (Lipinski definition) is 2. The van der Waals surface area contributed by atoms with Gasteiger partial charge in [-0.3, -0.25) is 9.59 Å². The molecule has 1 aliphatic heterocycles. The summed E-state index contributed by atoms with van der Waals surface area (Å²) in [7, 11) is 0. The molecule has 0 bridgehead atoms. The normalized spacial score (nSPS) is 17.4. The van der Waals surface area contributed by atoms with E-state index in [9.17, 15) is 18.4 Å². The zero-order valence-corrected chi connectivity index (χ0v) is 13.5. The van der Waals surface area contributed by atoms with Crippen LogP contribution in [0.2, 0.25) is 0 Å². The van der Waals surface area contributed by atoms with Crippen molar-refractivity contribution in [3.63, 3.8) is 0 Å². The molecule has 8 heteroatoms. The Bertz CT molecular complexity index is 824. The molecule has 1 aromatic carbocycles. The fourth-order valence-electron chi connectivity index (χ4n) is 2.96. The number of nitrogens with zero attached hydrogens (tertiary/aromatic N) is 2. The van der Waals surface area contributed by atoms with Gasteiger partial charge in [0.1, 0.15) is 11.6 Å². The molecule has 3 rings (SSSR count). The molecule has 0 radical (unpaired) electrons. The highest BCUT2D eigenvalue weighted by Gasteiger charge is 2.26. The molecule has 0 spiro atoms. The number of aromatic nitrogens is 2. The average Bonchev–Trinajstić information content (AvgIpc) is 2.61. The van der Waals surface area contributed by atoms with Gasteiger partial charge in [0.05, 0.1) is 17.8 Å². The summed E-state index contributed by atoms with van der Waals surface area (Å²) < 4.78 is 26.5. The first kappa shape index (κ1) is 17.1. The first-order valence-electron chi connectivity index (χ1n) is 8.04. The van der Waals surface area contributed by atoms with E-state index in [0.717, 1.165) is 25.1 Å². The lowest BCUT2D eigenvalue weighted by Gasteiger charge is -2.33. The van der Waals surface area contributed by atoms with Crippen LogP contribution in [0.5, 0.6) is 0 Å². The predicted molar refractivity (Wildman–Crippen MR) is 88.0 cm³/mol. The number of rotatable bonds is 4. The second-order valence-electron chi connectivity index (χ2n) is 6.04. The largest absolute Gasteiger partial charge is 0.369 e. The van der Waals surface area contributed by atoms with Crippen LogP contribution in [0, 0.1) is 17.6 Å². The third kappa shape index (κ3) is 4.20. The van der Waals surface area contributed by atoms with E-state index in [1.807, 2.05) is 4.90 Å². The minimum absolute atomic E-state index is 0.00794. The number of carbonyl (C=O) groups excluding carboxylic acids is 1. The molecule has 1 saturated heterocycles. The third-order valence-electron chi connectivity index (χ3n) is 4.28. The monoisotopic (exact) mass is 348 g/mol. The summed E-state index contributed by atoms with van der Waals surface area (Å²) in [6.45, 7) is 1.21. The summed E-state index contributed by atoms with van der Waals surface area (Å²) >= 11 is 0. The fraction of sp³-hybridized carbons (Fsp3) is 0.353. The van der Waals surface area contributed by atoms with Crippen molar-refractivity contribution in [2.75, 3.05) is 18.0 Å². The number of carbonyl (C=O) groups is 1. The van der Waals surface area contributed by atoms with Crippen molar-refractivity contribution in [2.45, 2.75) is 19.4 Å². The first-order valence-corrected chi connectivity index (χ1v) is 8.04. The molecule has 1 aliphatic rings. The van der Waals surface area contributed by atoms with Gasteiger partial charge in [-0.2, -0.15) is 5.10 Å². The number of benzene rings is 1. The number of piperidine rings is 1. The average molecular weight is 348 g/mol. The third-order valence-corrected chi connectivity index (χ3v) is 4.28. The van der Waals surface area contributed by atoms with Gasteiger partial charge < -0.3 is 10.2 Å². The topological polar surface area (TPSA) is 78.1 Å². The highest BCUT2D eigenvalue weighted by Crippen LogP contribution is 2.22. The lowest BCUT2D eigenvalue weighted by Crippen LogP contribution is -2.43. The number of halogens is 2. The molecule has 2 heterocycles. The Morgan fingerprint density at radius 2 is 2.20 bits per heavy atom. The van der Waals surface area contributed by atoms with Crippen LogP contribution in [0.3, 0.4) is 0 Å². The highest BCUT2D eigenvalue weighted by molar-refractivity contribution is 5.79. The van der Waals surface area contributed by atoms with E-state index in [1.165, 1.54) is 12.1 Å². The van der Waals surface area contributed by atoms with Gasteiger partial charge in [-0.05, 0) is 18.9 Å². The number of aromatic amines is 1. The summed E-state index contributed by atoms with van der Waals surface area (Å²) in [5, 5.41) is 8.79. The van der Waals surface area contributed by atoms with E-state index in [0.29, 0.717) is 18.7 Å². The number of anilines is 1. The molecule has 25 heavy (non-hydrogen) atoms. The van der Waals surface area contributed by atoms with Crippen LogP contribution in [0.15, 0.2) is 35.3 Å². The van der Waals surface area contributed by atoms with Gasteiger partial charge in [0.15, 0.2) is 0 Å². The Hall–Kier alpha value is -2.77. The molecule has 6 nitrogen and oxygen atoms in total. The number of H-pyrrole nitrogens is 1. The minimum Gasteiger partial charge on any atom is -0.369 e. The molecule has 0 saturated carbocycles. The fourth-order valence-corrected chi connectivity index (χ4v) is 2.96. The van der Waals surface area contributed by atoms with Crippen molar-refractivity contribution in [2.24, 2.45) is 5.92 Å². The summed E-state index contributed by atoms with van der Waals surface area (Å²) in [5.41, 5.74) is 0.614. The van der Waals surface area contributed by atoms with Gasteiger partial charge in [-0.1, -0.05) is 6.07 Å². The van der Waals surface area contributed by atoms with Gasteiger partial charge in [0.25, 0.3) is 5.56 Å². The van der Waals surface area contributed by atoms with E-state index in [2.05, 4.69) is 15.5 Å². The Labute approximate surface area is 142 Å². The van der Waals surface area contributed by atoms with Crippen LogP contribution in [-0.2, 0) is 11.3 Å². The van der Waals surface area contributed by atoms with Crippen LogP contribution in [0.1, 0.15) is 18.4 Å². The highest BCUT2D eigenvalue weighted by atomic mass is 19.1. The lowest BCUT2D eigenvalue weighted by molar-refractivity contribution is -0.125. The summed E-state index contributed by atoms with van der Waals surface area (Å²) in [5.74, 6) is -1.79. The molecule has 0 unspecified atom stereocenters. The van der Waals surface area contributed by atoms with Gasteiger partial charge in [-0.15, -0.1) is 0 Å². The van der Waals surface area contributed by atoms with Crippen molar-refractivity contribution in [3.05, 3.63) is 58.0 Å². The van der Waals surface area contributed by atoms with Crippen molar-refractivity contribution in [3.8, 4) is 0 Å². The van der Waals surface area contributed by atoms with Crippen molar-refractivity contribution in [1.82, 2.24) is 15.5 Å². The second-order valence-corrected chi connectivity index (χ2v) is 6.04. The SMILES string of the molecule is O=C(NCc1ccc(F)cc1F)[C@@H]1CCCN(c2cn[nH]c(=O)c2)C1. The maximum atomic E-state index is 13.6. The first-order chi connectivity index (χ1) is 12.0. The molecular weight excluding hydrogens is 330 g/mol. The Morgan fingerprint density at radius 1 is 1.36 bits per heavy atom. The van der Waals surface area contributed by atoms with Crippen molar-refractivity contribution >= 4 is 11.6 Å². The number of hydrogen-bond acceptors (Lipinski definition) is 4. The molecule has 1 amide bonds. The summed E-state index contributed by atoms with van der Waals surface area (Å²) in [4.78, 5) is 25.7. The lowest BCUT2D eigenvalue weighted by atomic mass is 9.96. The zero-order chi connectivity index (χ0) is 17.8. The minimum atomic E-state index is -0.680. The van der Waals surface area contributed by atoms with E-state index >= 15 is 0 Å². The molecule has 0 aliphatic carbocycles. The zero-order valence-electron chi connectivity index (χ0n) is 13.5. The standard InChI is InChI=1S/C17H18F2N4O2/c18-13-4-3-11(15(19)6-13)8-20-17(25)12-2-1-5-23(10-12)14-7-16(24)22-21-9-14/h3-4,6-7,9,12H,1-2,5,8,10H2,(H,20,25)(H,22,24)/t12-/m1/s1. The molecular formula is C17H18F2N4O2. The van der Waals surface area contributed by atoms with Gasteiger partial charge >= 0.3 is 0 Å². The number of amides is 1. The van der Waals surface area contributed by atoms with E-state index < -0.39 is 11.6 Å². The van der Waals surface area contributed by atoms with Crippen LogP contribution < -0.4 is 15.8 Å². The van der Waals surface area contributed by atoms with Gasteiger partial charge in [-0.25, -0.2) is 13.9 Å². The Kier molecular flexibility index (Phi) is 5.06. The van der Waals surface area contributed by atoms with Gasteiger partial charge in [0.2, 0.25) is 5.91 Å². The molecule has 1 fully saturated rings. The molecule has 132 valence electrons. The van der Waals surface area contributed by atoms with Crippen LogP contribution in [0.4, 0.5) is 14.5 Å². The molecule has 1 atom stereocenters. The van der Waals surface area contributed by atoms with E-state index in [1.54, 1.807) is 6.20 Å². The quantitative estimate of drug-likeness (QED) is 0.879. The van der Waals surface area contributed by atoms with Crippen LogP contribution >= 0.6 is 0 Å². The van der Waals surface area contributed by atoms with Crippen LogP contribution in [-0.4, -0.2) is 29.2 Å². The molecule has 2 N–H and O–H groups in total. The predicted octanol–water partition coefficient (Wildman–Crippen LogP) is 1.58. The Balaban J connectivity index is 1.61. The molecule has 1 aromatic heterocycles. The molecule has 2 aromatic rings. The van der Waals surface area contributed by atoms with Crippen molar-refractivity contribution in [1.29, 1.82) is 0 Å². The number of nitrogens with one attached hydrogen (secondary N) is 2. The van der Waals surface area contributed by atoms with Crippen LogP contribution in [0.25, 0.3) is 0 Å². The summed E-state index contributed by atoms with van der Waals surface area (Å²) in [6, 6.07) is 4.72. The van der Waals surface area contributed by atoms with Crippen molar-refractivity contribution < 1.29 is 13.6 Å². The van der Waals surface area contributed by atoms with Gasteiger partial charge in [0, 0.05) is 37.3 Å². The maximum absolute atomic E-state index is 13.6. The van der Waals surface area contributed by atoms with E-state index in [-0.39, 0.29) is 29.5 Å². The maximum Gasteiger partial charge on any atom is 0.266 e. The smallest absolute Gasteiger partial charge is 0.266 e. The Morgan fingerprint density at radius 3 is 2.96 bits per heavy atom. The summed E-state index contributed by atoms with van der Waals surface area (Å²) in [6.07, 6.45) is 3.07. The van der Waals surface area contributed by atoms with E-state index in [4.69, 9.17) is 0 Å². The second kappa shape index (κ2) is 7.42.